The van der Waals surface area contributed by atoms with Crippen molar-refractivity contribution in [2.75, 3.05) is 5.32 Å². The summed E-state index contributed by atoms with van der Waals surface area (Å²) in [6, 6.07) is 7.10. The Morgan fingerprint density at radius 1 is 1.29 bits per heavy atom. The zero-order chi connectivity index (χ0) is 17.3. The molecule has 0 saturated heterocycles. The normalized spacial score (nSPS) is 11.0. The number of nitrogens with zero attached hydrogens (tertiary/aromatic N) is 2. The van der Waals surface area contributed by atoms with Crippen LogP contribution in [-0.4, -0.2) is 22.0 Å². The second-order valence-electron chi connectivity index (χ2n) is 5.66. The Morgan fingerprint density at radius 3 is 2.79 bits per heavy atom. The van der Waals surface area contributed by atoms with E-state index in [-0.39, 0.29) is 6.10 Å². The first kappa shape index (κ1) is 16.2. The Labute approximate surface area is 143 Å². The summed E-state index contributed by atoms with van der Waals surface area (Å²) in [6.07, 6.45) is 1.49. The second-order valence-corrected chi connectivity index (χ2v) is 6.92. The molecule has 0 aliphatic carbocycles. The van der Waals surface area contributed by atoms with E-state index in [1.165, 1.54) is 6.33 Å². The molecule has 0 unspecified atom stereocenters. The molecule has 1 amide bonds. The Balaban J connectivity index is 2.03. The third kappa shape index (κ3) is 3.30. The standard InChI is InChI=1S/C17H18N4O2S/c1-9(2)23-14-7-11(16(18)22)4-5-12(14)21-17-15-13(19-8-20-17)6-10(3)24-15/h4-9H,1-3H3,(H2,18,22)(H,19,20,21). The van der Waals surface area contributed by atoms with Crippen LogP contribution in [0.1, 0.15) is 29.1 Å². The van der Waals surface area contributed by atoms with Gasteiger partial charge in [-0.3, -0.25) is 4.79 Å². The lowest BCUT2D eigenvalue weighted by atomic mass is 10.1. The first-order valence-corrected chi connectivity index (χ1v) is 8.34. The number of carbonyl (C=O) groups excluding carboxylic acids is 1. The molecular weight excluding hydrogens is 324 g/mol. The summed E-state index contributed by atoms with van der Waals surface area (Å²) in [5, 5.41) is 3.28. The molecule has 0 fully saturated rings. The van der Waals surface area contributed by atoms with Crippen molar-refractivity contribution >= 4 is 39.0 Å². The van der Waals surface area contributed by atoms with Crippen LogP contribution in [0.5, 0.6) is 5.75 Å². The summed E-state index contributed by atoms with van der Waals surface area (Å²) in [6.45, 7) is 5.88. The van der Waals surface area contributed by atoms with Crippen molar-refractivity contribution in [1.29, 1.82) is 0 Å². The van der Waals surface area contributed by atoms with E-state index in [2.05, 4.69) is 15.3 Å². The average Bonchev–Trinajstić information content (AvgIpc) is 2.89. The van der Waals surface area contributed by atoms with Crippen LogP contribution in [0, 0.1) is 6.92 Å². The van der Waals surface area contributed by atoms with Crippen molar-refractivity contribution in [2.45, 2.75) is 26.9 Å². The molecule has 0 radical (unpaired) electrons. The number of amides is 1. The number of hydrogen-bond donors (Lipinski definition) is 2. The van der Waals surface area contributed by atoms with Crippen molar-refractivity contribution in [1.82, 2.24) is 9.97 Å². The maximum Gasteiger partial charge on any atom is 0.248 e. The van der Waals surface area contributed by atoms with Crippen LogP contribution in [0.25, 0.3) is 10.2 Å². The second kappa shape index (κ2) is 6.45. The molecule has 0 aliphatic heterocycles. The number of anilines is 2. The van der Waals surface area contributed by atoms with Gasteiger partial charge in [-0.2, -0.15) is 0 Å². The number of rotatable bonds is 5. The summed E-state index contributed by atoms with van der Waals surface area (Å²) in [7, 11) is 0. The quantitative estimate of drug-likeness (QED) is 0.739. The summed E-state index contributed by atoms with van der Waals surface area (Å²) in [4.78, 5) is 21.2. The van der Waals surface area contributed by atoms with Crippen LogP contribution in [-0.2, 0) is 0 Å². The van der Waals surface area contributed by atoms with Crippen LogP contribution in [0.2, 0.25) is 0 Å². The molecule has 124 valence electrons. The number of nitrogens with two attached hydrogens (primary N) is 1. The minimum Gasteiger partial charge on any atom is -0.489 e. The van der Waals surface area contributed by atoms with E-state index in [1.807, 2.05) is 26.8 Å². The fourth-order valence-electron chi connectivity index (χ4n) is 2.32. The SMILES string of the molecule is Cc1cc2ncnc(Nc3ccc(C(N)=O)cc3OC(C)C)c2s1. The van der Waals surface area contributed by atoms with Gasteiger partial charge < -0.3 is 15.8 Å². The highest BCUT2D eigenvalue weighted by Gasteiger charge is 2.13. The largest absolute Gasteiger partial charge is 0.489 e. The minimum absolute atomic E-state index is 0.0388. The molecule has 3 aromatic rings. The van der Waals surface area contributed by atoms with Gasteiger partial charge in [0.25, 0.3) is 0 Å². The zero-order valence-corrected chi connectivity index (χ0v) is 14.5. The van der Waals surface area contributed by atoms with Gasteiger partial charge in [0, 0.05) is 10.4 Å². The van der Waals surface area contributed by atoms with Gasteiger partial charge in [-0.1, -0.05) is 0 Å². The number of carbonyl (C=O) groups is 1. The maximum absolute atomic E-state index is 11.4. The molecule has 0 aliphatic rings. The van der Waals surface area contributed by atoms with Crippen LogP contribution in [0.15, 0.2) is 30.6 Å². The fourth-order valence-corrected chi connectivity index (χ4v) is 3.23. The number of aromatic nitrogens is 2. The third-order valence-electron chi connectivity index (χ3n) is 3.32. The molecule has 0 saturated carbocycles. The van der Waals surface area contributed by atoms with Crippen LogP contribution in [0.3, 0.4) is 0 Å². The molecule has 6 nitrogen and oxygen atoms in total. The minimum atomic E-state index is -0.492. The van der Waals surface area contributed by atoms with Gasteiger partial charge in [0.1, 0.15) is 12.1 Å². The van der Waals surface area contributed by atoms with Gasteiger partial charge in [-0.05, 0) is 45.0 Å². The van der Waals surface area contributed by atoms with E-state index in [0.717, 1.165) is 20.8 Å². The monoisotopic (exact) mass is 342 g/mol. The van der Waals surface area contributed by atoms with Crippen molar-refractivity contribution in [2.24, 2.45) is 5.73 Å². The Morgan fingerprint density at radius 2 is 2.08 bits per heavy atom. The molecule has 7 heteroatoms. The number of primary amides is 1. The number of fused-ring (bicyclic) bond motifs is 1. The fraction of sp³-hybridized carbons (Fsp3) is 0.235. The van der Waals surface area contributed by atoms with Gasteiger partial charge in [-0.15, -0.1) is 11.3 Å². The number of thiophene rings is 1. The van der Waals surface area contributed by atoms with Crippen LogP contribution in [0.4, 0.5) is 11.5 Å². The molecule has 0 atom stereocenters. The Kier molecular flexibility index (Phi) is 4.35. The molecule has 24 heavy (non-hydrogen) atoms. The lowest BCUT2D eigenvalue weighted by molar-refractivity contribution is 0.0999. The first-order valence-electron chi connectivity index (χ1n) is 7.52. The van der Waals surface area contributed by atoms with E-state index < -0.39 is 5.91 Å². The number of aryl methyl sites for hydroxylation is 1. The maximum atomic E-state index is 11.4. The smallest absolute Gasteiger partial charge is 0.248 e. The first-order chi connectivity index (χ1) is 11.4. The van der Waals surface area contributed by atoms with Gasteiger partial charge >= 0.3 is 0 Å². The third-order valence-corrected chi connectivity index (χ3v) is 4.36. The lowest BCUT2D eigenvalue weighted by Gasteiger charge is -2.16. The predicted molar refractivity (Wildman–Crippen MR) is 96.2 cm³/mol. The van der Waals surface area contributed by atoms with Crippen molar-refractivity contribution in [3.63, 3.8) is 0 Å². The number of hydrogen-bond acceptors (Lipinski definition) is 6. The van der Waals surface area contributed by atoms with E-state index >= 15 is 0 Å². The van der Waals surface area contributed by atoms with Crippen LogP contribution < -0.4 is 15.8 Å². The van der Waals surface area contributed by atoms with Crippen molar-refractivity contribution in [3.8, 4) is 5.75 Å². The predicted octanol–water partition coefficient (Wildman–Crippen LogP) is 3.63. The summed E-state index contributed by atoms with van der Waals surface area (Å²) < 4.78 is 6.79. The topological polar surface area (TPSA) is 90.1 Å². The van der Waals surface area contributed by atoms with E-state index in [4.69, 9.17) is 10.5 Å². The molecule has 3 rings (SSSR count). The molecule has 1 aromatic carbocycles. The van der Waals surface area contributed by atoms with Gasteiger partial charge in [-0.25, -0.2) is 9.97 Å². The highest BCUT2D eigenvalue weighted by molar-refractivity contribution is 7.19. The molecular formula is C17H18N4O2S. The lowest BCUT2D eigenvalue weighted by Crippen LogP contribution is -2.13. The van der Waals surface area contributed by atoms with Gasteiger partial charge in [0.05, 0.1) is 22.0 Å². The van der Waals surface area contributed by atoms with E-state index in [0.29, 0.717) is 17.1 Å². The van der Waals surface area contributed by atoms with Gasteiger partial charge in [0.2, 0.25) is 5.91 Å². The van der Waals surface area contributed by atoms with Crippen LogP contribution >= 0.6 is 11.3 Å². The number of nitrogens with one attached hydrogen (secondary N) is 1. The zero-order valence-electron chi connectivity index (χ0n) is 13.7. The average molecular weight is 342 g/mol. The van der Waals surface area contributed by atoms with E-state index in [1.54, 1.807) is 29.5 Å². The molecule has 2 heterocycles. The highest BCUT2D eigenvalue weighted by Crippen LogP contribution is 2.34. The Hall–Kier alpha value is -2.67. The number of ether oxygens (including phenoxy) is 1. The summed E-state index contributed by atoms with van der Waals surface area (Å²) in [5.41, 5.74) is 7.38. The number of benzene rings is 1. The molecule has 0 bridgehead atoms. The van der Waals surface area contributed by atoms with E-state index in [9.17, 15) is 4.79 Å². The van der Waals surface area contributed by atoms with Gasteiger partial charge in [0.15, 0.2) is 5.82 Å². The van der Waals surface area contributed by atoms with Crippen molar-refractivity contribution in [3.05, 3.63) is 41.0 Å². The highest BCUT2D eigenvalue weighted by atomic mass is 32.1. The molecule has 2 aromatic heterocycles. The Bertz CT molecular complexity index is 905. The summed E-state index contributed by atoms with van der Waals surface area (Å²) >= 11 is 1.62. The molecule has 3 N–H and O–H groups in total. The van der Waals surface area contributed by atoms with Crippen molar-refractivity contribution < 1.29 is 9.53 Å². The molecule has 0 spiro atoms. The summed E-state index contributed by atoms with van der Waals surface area (Å²) in [5.74, 6) is 0.772.